The number of aliphatic hydroxyl groups excluding tert-OH is 1. The van der Waals surface area contributed by atoms with Crippen molar-refractivity contribution in [3.8, 4) is 12.3 Å². The molecule has 0 aliphatic carbocycles. The monoisotopic (exact) mass is 215 g/mol. The van der Waals surface area contributed by atoms with Gasteiger partial charge in [-0.3, -0.25) is 0 Å². The minimum absolute atomic E-state index is 0.0213. The molecule has 0 spiro atoms. The minimum atomic E-state index is 0.0213. The van der Waals surface area contributed by atoms with Crippen molar-refractivity contribution >= 4 is 0 Å². The number of rotatable bonds is 2. The third-order valence-corrected chi connectivity index (χ3v) is 2.71. The van der Waals surface area contributed by atoms with Gasteiger partial charge in [0.05, 0.1) is 6.61 Å². The Balaban J connectivity index is 3.40. The maximum Gasteiger partial charge on any atom is 0.0535 e. The smallest absolute Gasteiger partial charge is 0.0535 e. The van der Waals surface area contributed by atoms with Gasteiger partial charge >= 0.3 is 0 Å². The van der Waals surface area contributed by atoms with E-state index in [1.165, 1.54) is 0 Å². The fourth-order valence-electron chi connectivity index (χ4n) is 1.77. The number of hydrogen-bond donors (Lipinski definition) is 1. The van der Waals surface area contributed by atoms with Gasteiger partial charge < -0.3 is 5.11 Å². The Hall–Kier alpha value is -1.26. The van der Waals surface area contributed by atoms with Crippen molar-refractivity contribution in [3.63, 3.8) is 0 Å². The first-order valence-electron chi connectivity index (χ1n) is 5.45. The summed E-state index contributed by atoms with van der Waals surface area (Å²) in [5.41, 5.74) is 3.06. The maximum absolute atomic E-state index is 9.20. The van der Waals surface area contributed by atoms with Gasteiger partial charge in [0.25, 0.3) is 0 Å². The van der Waals surface area contributed by atoms with Crippen LogP contribution in [0.3, 0.4) is 0 Å². The van der Waals surface area contributed by atoms with Crippen LogP contribution in [0.25, 0.3) is 0 Å². The molecule has 0 aliphatic rings. The van der Waals surface area contributed by atoms with Crippen LogP contribution in [0, 0.1) is 18.3 Å². The molecule has 0 aliphatic heterocycles. The molecule has 16 heavy (non-hydrogen) atoms. The van der Waals surface area contributed by atoms with Gasteiger partial charge in [0.1, 0.15) is 0 Å². The lowest BCUT2D eigenvalue weighted by Gasteiger charge is -2.23. The highest BCUT2D eigenvalue weighted by Gasteiger charge is 2.20. The van der Waals surface area contributed by atoms with Crippen LogP contribution in [-0.4, -0.2) is 11.7 Å². The van der Waals surface area contributed by atoms with Gasteiger partial charge in [-0.15, -0.1) is 6.42 Å². The molecule has 1 radical (unpaired) electrons. The number of benzene rings is 1. The second-order valence-electron chi connectivity index (χ2n) is 5.06. The van der Waals surface area contributed by atoms with Crippen LogP contribution in [0.4, 0.5) is 0 Å². The zero-order chi connectivity index (χ0) is 12.3. The lowest BCUT2D eigenvalue weighted by Crippen LogP contribution is -2.15. The van der Waals surface area contributed by atoms with Crippen molar-refractivity contribution in [2.45, 2.75) is 33.1 Å². The molecule has 1 aromatic rings. The van der Waals surface area contributed by atoms with Crippen molar-refractivity contribution in [1.29, 1.82) is 0 Å². The predicted octanol–water partition coefficient (Wildman–Crippen LogP) is 2.90. The van der Waals surface area contributed by atoms with Crippen LogP contribution >= 0.6 is 0 Å². The summed E-state index contributed by atoms with van der Waals surface area (Å²) in [5.74, 6) is 3.67. The summed E-state index contributed by atoms with van der Waals surface area (Å²) in [7, 11) is 0. The highest BCUT2D eigenvalue weighted by molar-refractivity contribution is 5.53. The number of terminal acetylenes is 1. The molecule has 1 aromatic carbocycles. The first kappa shape index (κ1) is 12.8. The summed E-state index contributed by atoms with van der Waals surface area (Å²) >= 11 is 0. The van der Waals surface area contributed by atoms with Crippen LogP contribution in [0.15, 0.2) is 18.2 Å². The largest absolute Gasteiger partial charge is 0.395 e. The summed E-state index contributed by atoms with van der Waals surface area (Å²) in [5, 5.41) is 9.20. The highest BCUT2D eigenvalue weighted by Crippen LogP contribution is 2.30. The van der Waals surface area contributed by atoms with Crippen molar-refractivity contribution in [2.24, 2.45) is 0 Å². The average Bonchev–Trinajstić information content (AvgIpc) is 2.25. The summed E-state index contributed by atoms with van der Waals surface area (Å²) in [6.07, 6.45) is 5.60. The quantitative estimate of drug-likeness (QED) is 0.752. The van der Waals surface area contributed by atoms with Crippen LogP contribution in [0.5, 0.6) is 0 Å². The molecule has 1 N–H and O–H groups in total. The summed E-state index contributed by atoms with van der Waals surface area (Å²) in [6.45, 7) is 8.37. The average molecular weight is 215 g/mol. The lowest BCUT2D eigenvalue weighted by molar-refractivity contribution is 0.315. The predicted molar refractivity (Wildman–Crippen MR) is 68.2 cm³/mol. The van der Waals surface area contributed by atoms with Crippen molar-refractivity contribution in [2.75, 3.05) is 6.61 Å². The molecule has 0 unspecified atom stereocenters. The molecular weight excluding hydrogens is 196 g/mol. The van der Waals surface area contributed by atoms with E-state index >= 15 is 0 Å². The molecule has 1 nitrogen and oxygen atoms in total. The molecule has 85 valence electrons. The van der Waals surface area contributed by atoms with Gasteiger partial charge in [-0.25, -0.2) is 0 Å². The van der Waals surface area contributed by atoms with Crippen molar-refractivity contribution in [1.82, 2.24) is 0 Å². The molecule has 0 bridgehead atoms. The van der Waals surface area contributed by atoms with Crippen LogP contribution in [0.2, 0.25) is 0 Å². The Labute approximate surface area is 98.5 Å². The van der Waals surface area contributed by atoms with E-state index in [-0.39, 0.29) is 12.0 Å². The molecule has 1 rings (SSSR count). The van der Waals surface area contributed by atoms with Crippen molar-refractivity contribution < 1.29 is 5.11 Å². The molecule has 0 amide bonds. The topological polar surface area (TPSA) is 20.2 Å². The Bertz CT molecular complexity index is 404. The minimum Gasteiger partial charge on any atom is -0.395 e. The van der Waals surface area contributed by atoms with E-state index in [0.717, 1.165) is 22.6 Å². The van der Waals surface area contributed by atoms with E-state index in [2.05, 4.69) is 32.8 Å². The maximum atomic E-state index is 9.20. The zero-order valence-electron chi connectivity index (χ0n) is 10.5. The van der Waals surface area contributed by atoms with E-state index in [4.69, 9.17) is 6.42 Å². The summed E-state index contributed by atoms with van der Waals surface area (Å²) < 4.78 is 0. The molecule has 0 aromatic heterocycles. The lowest BCUT2D eigenvalue weighted by atomic mass is 9.80. The van der Waals surface area contributed by atoms with Crippen LogP contribution < -0.4 is 0 Å². The van der Waals surface area contributed by atoms with Gasteiger partial charge in [-0.05, 0) is 16.5 Å². The van der Waals surface area contributed by atoms with Gasteiger partial charge in [-0.2, -0.15) is 0 Å². The fourth-order valence-corrected chi connectivity index (χ4v) is 1.77. The van der Waals surface area contributed by atoms with Gasteiger partial charge in [-0.1, -0.05) is 51.8 Å². The Morgan fingerprint density at radius 3 is 2.44 bits per heavy atom. The van der Waals surface area contributed by atoms with E-state index < -0.39 is 0 Å². The summed E-state index contributed by atoms with van der Waals surface area (Å²) in [4.78, 5) is 0. The van der Waals surface area contributed by atoms with Gasteiger partial charge in [0.15, 0.2) is 0 Å². The third-order valence-electron chi connectivity index (χ3n) is 2.71. The second kappa shape index (κ2) is 4.72. The molecular formula is C15H19O. The van der Waals surface area contributed by atoms with E-state index in [9.17, 15) is 5.11 Å². The summed E-state index contributed by atoms with van der Waals surface area (Å²) in [6, 6.07) is 6.02. The third kappa shape index (κ3) is 2.46. The van der Waals surface area contributed by atoms with Crippen LogP contribution in [-0.2, 0) is 5.41 Å². The van der Waals surface area contributed by atoms with E-state index in [1.807, 2.05) is 19.1 Å². The second-order valence-corrected chi connectivity index (χ2v) is 5.06. The molecule has 0 atom stereocenters. The standard InChI is InChI=1S/C15H19O/c1-6-12-13(11(2)10-16)8-7-9-14(12)15(3,4)5/h1,7-9,16H,10H2,2-5H3. The van der Waals surface area contributed by atoms with E-state index in [0.29, 0.717) is 0 Å². The van der Waals surface area contributed by atoms with Crippen LogP contribution in [0.1, 0.15) is 44.4 Å². The Morgan fingerprint density at radius 1 is 1.38 bits per heavy atom. The van der Waals surface area contributed by atoms with E-state index in [1.54, 1.807) is 0 Å². The Kier molecular flexibility index (Phi) is 3.78. The molecule has 0 heterocycles. The van der Waals surface area contributed by atoms with Gasteiger partial charge in [0, 0.05) is 11.5 Å². The molecule has 0 saturated carbocycles. The molecule has 1 heteroatoms. The normalized spacial score (nSPS) is 11.6. The first-order valence-corrected chi connectivity index (χ1v) is 5.45. The highest BCUT2D eigenvalue weighted by atomic mass is 16.3. The Morgan fingerprint density at radius 2 is 2.00 bits per heavy atom. The zero-order valence-corrected chi connectivity index (χ0v) is 10.5. The van der Waals surface area contributed by atoms with Crippen molar-refractivity contribution in [3.05, 3.63) is 40.8 Å². The number of hydrogen-bond acceptors (Lipinski definition) is 1. The first-order chi connectivity index (χ1) is 7.41. The van der Waals surface area contributed by atoms with Gasteiger partial charge in [0.2, 0.25) is 0 Å². The SMILES string of the molecule is C#Cc1c([C](C)CO)cccc1C(C)(C)C. The number of aliphatic hydroxyl groups is 1. The fraction of sp³-hybridized carbons (Fsp3) is 0.400. The molecule has 0 saturated heterocycles. The molecule has 0 fully saturated rings.